The van der Waals surface area contributed by atoms with E-state index in [9.17, 15) is 0 Å². The van der Waals surface area contributed by atoms with Crippen LogP contribution >= 0.6 is 0 Å². The van der Waals surface area contributed by atoms with Crippen molar-refractivity contribution in [1.82, 2.24) is 5.06 Å². The molecule has 0 bridgehead atoms. The van der Waals surface area contributed by atoms with Crippen LogP contribution in [0.3, 0.4) is 0 Å². The van der Waals surface area contributed by atoms with Crippen molar-refractivity contribution in [1.29, 1.82) is 0 Å². The number of nitrogens with zero attached hydrogens (tertiary/aromatic N) is 1. The van der Waals surface area contributed by atoms with Gasteiger partial charge >= 0.3 is 0 Å². The van der Waals surface area contributed by atoms with E-state index in [4.69, 9.17) is 4.84 Å². The van der Waals surface area contributed by atoms with Gasteiger partial charge in [-0.2, -0.15) is 5.06 Å². The van der Waals surface area contributed by atoms with Gasteiger partial charge in [-0.15, -0.1) is 0 Å². The SMILES string of the molecule is CCCC1CCC2C(C1)C(C)(C)ON2CC. The van der Waals surface area contributed by atoms with Crippen molar-refractivity contribution in [3.63, 3.8) is 0 Å². The molecule has 1 heterocycles. The smallest absolute Gasteiger partial charge is 0.0887 e. The molecule has 1 saturated heterocycles. The molecule has 2 nitrogen and oxygen atoms in total. The van der Waals surface area contributed by atoms with E-state index in [-0.39, 0.29) is 5.60 Å². The van der Waals surface area contributed by atoms with Crippen molar-refractivity contribution in [3.8, 4) is 0 Å². The van der Waals surface area contributed by atoms with Gasteiger partial charge in [-0.1, -0.05) is 26.7 Å². The standard InChI is InChI=1S/C14H27NO/c1-5-7-11-8-9-13-12(10-11)14(3,4)16-15(13)6-2/h11-13H,5-10H2,1-4H3. The lowest BCUT2D eigenvalue weighted by Gasteiger charge is -2.36. The van der Waals surface area contributed by atoms with E-state index in [1.54, 1.807) is 0 Å². The summed E-state index contributed by atoms with van der Waals surface area (Å²) in [6.07, 6.45) is 6.87. The molecule has 3 unspecified atom stereocenters. The summed E-state index contributed by atoms with van der Waals surface area (Å²) in [5.74, 6) is 1.70. The second-order valence-corrected chi connectivity index (χ2v) is 6.07. The normalized spacial score (nSPS) is 38.6. The van der Waals surface area contributed by atoms with E-state index >= 15 is 0 Å². The Morgan fingerprint density at radius 3 is 2.62 bits per heavy atom. The molecule has 1 aliphatic carbocycles. The highest BCUT2D eigenvalue weighted by Crippen LogP contribution is 2.46. The molecule has 2 fully saturated rings. The molecule has 0 aromatic heterocycles. The fraction of sp³-hybridized carbons (Fsp3) is 1.00. The summed E-state index contributed by atoms with van der Waals surface area (Å²) in [4.78, 5) is 6.10. The van der Waals surface area contributed by atoms with Crippen LogP contribution in [0.4, 0.5) is 0 Å². The van der Waals surface area contributed by atoms with Crippen LogP contribution in [0, 0.1) is 11.8 Å². The summed E-state index contributed by atoms with van der Waals surface area (Å²) in [6, 6.07) is 0.688. The Morgan fingerprint density at radius 1 is 1.25 bits per heavy atom. The summed E-state index contributed by atoms with van der Waals surface area (Å²) >= 11 is 0. The minimum atomic E-state index is 0.0626. The Morgan fingerprint density at radius 2 is 2.00 bits per heavy atom. The second kappa shape index (κ2) is 4.66. The average Bonchev–Trinajstić information content (AvgIpc) is 2.51. The first kappa shape index (κ1) is 12.4. The zero-order valence-electron chi connectivity index (χ0n) is 11.3. The molecule has 0 aromatic rings. The first-order valence-corrected chi connectivity index (χ1v) is 7.04. The third-order valence-electron chi connectivity index (χ3n) is 4.55. The van der Waals surface area contributed by atoms with Crippen LogP contribution in [-0.2, 0) is 4.84 Å². The molecule has 2 rings (SSSR count). The van der Waals surface area contributed by atoms with Gasteiger partial charge in [0, 0.05) is 18.5 Å². The summed E-state index contributed by atoms with van der Waals surface area (Å²) < 4.78 is 0. The van der Waals surface area contributed by atoms with Gasteiger partial charge in [0.2, 0.25) is 0 Å². The monoisotopic (exact) mass is 225 g/mol. The maximum atomic E-state index is 6.10. The molecular formula is C14H27NO. The van der Waals surface area contributed by atoms with Crippen molar-refractivity contribution in [2.45, 2.75) is 71.4 Å². The first-order valence-electron chi connectivity index (χ1n) is 7.04. The van der Waals surface area contributed by atoms with E-state index in [1.807, 2.05) is 0 Å². The molecule has 0 spiro atoms. The number of fused-ring (bicyclic) bond motifs is 1. The van der Waals surface area contributed by atoms with E-state index in [0.717, 1.165) is 18.4 Å². The van der Waals surface area contributed by atoms with Gasteiger partial charge in [-0.25, -0.2) is 0 Å². The fourth-order valence-electron chi connectivity index (χ4n) is 3.74. The summed E-state index contributed by atoms with van der Waals surface area (Å²) in [5, 5.41) is 2.24. The highest BCUT2D eigenvalue weighted by molar-refractivity contribution is 4.97. The van der Waals surface area contributed by atoms with Gasteiger partial charge in [-0.3, -0.25) is 4.84 Å². The van der Waals surface area contributed by atoms with Crippen molar-refractivity contribution in [3.05, 3.63) is 0 Å². The Labute approximate surface area is 100 Å². The van der Waals surface area contributed by atoms with Gasteiger partial charge in [0.15, 0.2) is 0 Å². The molecular weight excluding hydrogens is 198 g/mol. The Kier molecular flexibility index (Phi) is 3.60. The van der Waals surface area contributed by atoms with Crippen molar-refractivity contribution in [2.75, 3.05) is 6.54 Å². The third-order valence-corrected chi connectivity index (χ3v) is 4.55. The lowest BCUT2D eigenvalue weighted by Crippen LogP contribution is -2.39. The molecule has 0 N–H and O–H groups in total. The van der Waals surface area contributed by atoms with Crippen LogP contribution < -0.4 is 0 Å². The average molecular weight is 225 g/mol. The molecule has 3 atom stereocenters. The Bertz CT molecular complexity index is 239. The third kappa shape index (κ3) is 2.14. The highest BCUT2D eigenvalue weighted by Gasteiger charge is 2.50. The topological polar surface area (TPSA) is 12.5 Å². The van der Waals surface area contributed by atoms with Gasteiger partial charge in [-0.05, 0) is 39.0 Å². The number of hydroxylamine groups is 2. The van der Waals surface area contributed by atoms with Gasteiger partial charge < -0.3 is 0 Å². The molecule has 2 aliphatic rings. The summed E-state index contributed by atoms with van der Waals surface area (Å²) in [7, 11) is 0. The van der Waals surface area contributed by atoms with Crippen LogP contribution in [-0.4, -0.2) is 23.3 Å². The molecule has 0 aromatic carbocycles. The quantitative estimate of drug-likeness (QED) is 0.727. The maximum absolute atomic E-state index is 6.10. The molecule has 1 saturated carbocycles. The molecule has 1 aliphatic heterocycles. The predicted molar refractivity (Wildman–Crippen MR) is 67.1 cm³/mol. The van der Waals surface area contributed by atoms with Crippen LogP contribution in [0.1, 0.15) is 59.8 Å². The van der Waals surface area contributed by atoms with Crippen LogP contribution in [0.5, 0.6) is 0 Å². The molecule has 0 radical (unpaired) electrons. The largest absolute Gasteiger partial charge is 0.292 e. The number of rotatable bonds is 3. The Hall–Kier alpha value is -0.0800. The minimum absolute atomic E-state index is 0.0626. The fourth-order valence-corrected chi connectivity index (χ4v) is 3.74. The predicted octanol–water partition coefficient (Wildman–Crippen LogP) is 3.62. The number of hydrogen-bond donors (Lipinski definition) is 0. The summed E-state index contributed by atoms with van der Waals surface area (Å²) in [5.41, 5.74) is 0.0626. The molecule has 2 heteroatoms. The van der Waals surface area contributed by atoms with Crippen LogP contribution in [0.25, 0.3) is 0 Å². The van der Waals surface area contributed by atoms with Gasteiger partial charge in [0.05, 0.1) is 5.60 Å². The summed E-state index contributed by atoms with van der Waals surface area (Å²) in [6.45, 7) is 10.1. The lowest BCUT2D eigenvalue weighted by molar-refractivity contribution is -0.192. The highest BCUT2D eigenvalue weighted by atomic mass is 16.7. The minimum Gasteiger partial charge on any atom is -0.292 e. The Balaban J connectivity index is 2.05. The van der Waals surface area contributed by atoms with E-state index in [1.165, 1.54) is 32.1 Å². The van der Waals surface area contributed by atoms with E-state index in [0.29, 0.717) is 6.04 Å². The van der Waals surface area contributed by atoms with Crippen LogP contribution in [0.15, 0.2) is 0 Å². The zero-order valence-corrected chi connectivity index (χ0v) is 11.3. The van der Waals surface area contributed by atoms with E-state index < -0.39 is 0 Å². The van der Waals surface area contributed by atoms with Crippen molar-refractivity contribution < 1.29 is 4.84 Å². The van der Waals surface area contributed by atoms with Crippen LogP contribution in [0.2, 0.25) is 0 Å². The lowest BCUT2D eigenvalue weighted by atomic mass is 9.71. The molecule has 0 amide bonds. The maximum Gasteiger partial charge on any atom is 0.0887 e. The second-order valence-electron chi connectivity index (χ2n) is 6.07. The van der Waals surface area contributed by atoms with Crippen molar-refractivity contribution >= 4 is 0 Å². The van der Waals surface area contributed by atoms with Gasteiger partial charge in [0.25, 0.3) is 0 Å². The first-order chi connectivity index (χ1) is 7.58. The van der Waals surface area contributed by atoms with Crippen molar-refractivity contribution in [2.24, 2.45) is 11.8 Å². The molecule has 94 valence electrons. The van der Waals surface area contributed by atoms with Gasteiger partial charge in [0.1, 0.15) is 0 Å². The van der Waals surface area contributed by atoms with E-state index in [2.05, 4.69) is 32.8 Å². The zero-order chi connectivity index (χ0) is 11.8. The molecule has 16 heavy (non-hydrogen) atoms. The number of hydrogen-bond acceptors (Lipinski definition) is 2.